The van der Waals surface area contributed by atoms with Crippen LogP contribution in [-0.2, 0) is 9.59 Å². The lowest BCUT2D eigenvalue weighted by molar-refractivity contribution is -0.131. The molecule has 1 unspecified atom stereocenters. The minimum absolute atomic E-state index is 0.0472. The summed E-state index contributed by atoms with van der Waals surface area (Å²) in [6.07, 6.45) is 4.01. The number of rotatable bonds is 7. The van der Waals surface area contributed by atoms with E-state index in [0.717, 1.165) is 17.7 Å². The minimum Gasteiger partial charge on any atom is -0.497 e. The van der Waals surface area contributed by atoms with Gasteiger partial charge in [0.2, 0.25) is 11.8 Å². The topological polar surface area (TPSA) is 58.6 Å². The molecule has 0 saturated heterocycles. The van der Waals surface area contributed by atoms with Gasteiger partial charge in [-0.1, -0.05) is 19.1 Å². The molecule has 1 rings (SSSR count). The van der Waals surface area contributed by atoms with Gasteiger partial charge >= 0.3 is 0 Å². The molecule has 0 aromatic heterocycles. The van der Waals surface area contributed by atoms with Gasteiger partial charge < -0.3 is 15.0 Å². The molecule has 0 aliphatic carbocycles. The van der Waals surface area contributed by atoms with Crippen LogP contribution in [-0.4, -0.2) is 43.5 Å². The molecule has 0 radical (unpaired) electrons. The number of nitrogens with zero attached hydrogens (tertiary/aromatic N) is 1. The molecule has 0 aliphatic rings. The van der Waals surface area contributed by atoms with E-state index in [2.05, 4.69) is 5.32 Å². The average molecular weight is 304 g/mol. The molecule has 1 aromatic rings. The van der Waals surface area contributed by atoms with Crippen LogP contribution in [0.2, 0.25) is 0 Å². The van der Waals surface area contributed by atoms with E-state index in [1.807, 2.05) is 38.1 Å². The highest BCUT2D eigenvalue weighted by molar-refractivity contribution is 5.94. The number of amides is 2. The van der Waals surface area contributed by atoms with Gasteiger partial charge in [0.1, 0.15) is 5.75 Å². The first-order valence-electron chi connectivity index (χ1n) is 7.32. The standard InChI is InChI=1S/C17H24N2O3/c1-5-13(2)18-16(20)12-19(3)17(21)10-9-14-7-6-8-15(11-14)22-4/h6-11,13H,5,12H2,1-4H3,(H,18,20)/b10-9+. The van der Waals surface area contributed by atoms with Crippen LogP contribution in [0.5, 0.6) is 5.75 Å². The molecule has 2 amide bonds. The van der Waals surface area contributed by atoms with Crippen LogP contribution in [0, 0.1) is 0 Å². The Hall–Kier alpha value is -2.30. The van der Waals surface area contributed by atoms with Crippen molar-refractivity contribution < 1.29 is 14.3 Å². The van der Waals surface area contributed by atoms with E-state index in [-0.39, 0.29) is 24.4 Å². The van der Waals surface area contributed by atoms with Crippen LogP contribution in [0.4, 0.5) is 0 Å². The Morgan fingerprint density at radius 1 is 1.41 bits per heavy atom. The van der Waals surface area contributed by atoms with E-state index in [9.17, 15) is 9.59 Å². The monoisotopic (exact) mass is 304 g/mol. The lowest BCUT2D eigenvalue weighted by Crippen LogP contribution is -2.41. The molecule has 0 fully saturated rings. The number of hydrogen-bond acceptors (Lipinski definition) is 3. The van der Waals surface area contributed by atoms with Crippen molar-refractivity contribution in [1.82, 2.24) is 10.2 Å². The molecule has 1 N–H and O–H groups in total. The van der Waals surface area contributed by atoms with Crippen molar-refractivity contribution in [3.05, 3.63) is 35.9 Å². The van der Waals surface area contributed by atoms with Crippen molar-refractivity contribution in [3.63, 3.8) is 0 Å². The van der Waals surface area contributed by atoms with E-state index in [1.54, 1.807) is 20.2 Å². The van der Waals surface area contributed by atoms with E-state index in [4.69, 9.17) is 4.74 Å². The second-order valence-electron chi connectivity index (χ2n) is 5.18. The maximum Gasteiger partial charge on any atom is 0.246 e. The highest BCUT2D eigenvalue weighted by atomic mass is 16.5. The summed E-state index contributed by atoms with van der Waals surface area (Å²) in [6.45, 7) is 3.98. The fraction of sp³-hybridized carbons (Fsp3) is 0.412. The predicted octanol–water partition coefficient (Wildman–Crippen LogP) is 2.08. The fourth-order valence-electron chi connectivity index (χ4n) is 1.76. The molecule has 0 saturated carbocycles. The molecule has 0 spiro atoms. The number of methoxy groups -OCH3 is 1. The first-order chi connectivity index (χ1) is 10.5. The Bertz CT molecular complexity index is 540. The van der Waals surface area contributed by atoms with Gasteiger partial charge in [0.05, 0.1) is 13.7 Å². The molecule has 0 bridgehead atoms. The third-order valence-corrected chi connectivity index (χ3v) is 3.29. The zero-order chi connectivity index (χ0) is 16.5. The number of carbonyl (C=O) groups is 2. The third kappa shape index (κ3) is 5.99. The van der Waals surface area contributed by atoms with E-state index in [1.165, 1.54) is 11.0 Å². The zero-order valence-corrected chi connectivity index (χ0v) is 13.6. The van der Waals surface area contributed by atoms with Crippen molar-refractivity contribution in [2.45, 2.75) is 26.3 Å². The summed E-state index contributed by atoms with van der Waals surface area (Å²) in [6, 6.07) is 7.52. The van der Waals surface area contributed by atoms with Gasteiger partial charge in [-0.15, -0.1) is 0 Å². The van der Waals surface area contributed by atoms with Crippen LogP contribution < -0.4 is 10.1 Å². The first-order valence-corrected chi connectivity index (χ1v) is 7.32. The molecule has 5 heteroatoms. The van der Waals surface area contributed by atoms with Crippen LogP contribution >= 0.6 is 0 Å². The maximum absolute atomic E-state index is 12.0. The number of hydrogen-bond donors (Lipinski definition) is 1. The number of nitrogens with one attached hydrogen (secondary N) is 1. The Balaban J connectivity index is 2.56. The summed E-state index contributed by atoms with van der Waals surface area (Å²) in [5, 5.41) is 2.83. The summed E-state index contributed by atoms with van der Waals surface area (Å²) in [5.41, 5.74) is 0.866. The van der Waals surface area contributed by atoms with Crippen molar-refractivity contribution in [1.29, 1.82) is 0 Å². The quantitative estimate of drug-likeness (QED) is 0.785. The Kier molecular flexibility index (Phi) is 7.16. The summed E-state index contributed by atoms with van der Waals surface area (Å²) in [4.78, 5) is 25.1. The molecule has 0 heterocycles. The van der Waals surface area contributed by atoms with Crippen molar-refractivity contribution >= 4 is 17.9 Å². The number of carbonyl (C=O) groups excluding carboxylic acids is 2. The second-order valence-corrected chi connectivity index (χ2v) is 5.18. The molecule has 1 aromatic carbocycles. The summed E-state index contributed by atoms with van der Waals surface area (Å²) < 4.78 is 5.13. The van der Waals surface area contributed by atoms with Gasteiger partial charge in [0, 0.05) is 19.2 Å². The van der Waals surface area contributed by atoms with Gasteiger partial charge in [0.15, 0.2) is 0 Å². The third-order valence-electron chi connectivity index (χ3n) is 3.29. The summed E-state index contributed by atoms with van der Waals surface area (Å²) >= 11 is 0. The number of benzene rings is 1. The van der Waals surface area contributed by atoms with Crippen LogP contribution in [0.1, 0.15) is 25.8 Å². The van der Waals surface area contributed by atoms with Crippen molar-refractivity contribution in [3.8, 4) is 5.75 Å². The molecule has 0 aliphatic heterocycles. The van der Waals surface area contributed by atoms with Crippen LogP contribution in [0.25, 0.3) is 6.08 Å². The van der Waals surface area contributed by atoms with Crippen LogP contribution in [0.3, 0.4) is 0 Å². The Labute approximate surface area is 132 Å². The first kappa shape index (κ1) is 17.8. The highest BCUT2D eigenvalue weighted by Crippen LogP contribution is 2.13. The molecule has 5 nitrogen and oxygen atoms in total. The fourth-order valence-corrected chi connectivity index (χ4v) is 1.76. The summed E-state index contributed by atoms with van der Waals surface area (Å²) in [5.74, 6) is 0.359. The van der Waals surface area contributed by atoms with Gasteiger partial charge in [-0.3, -0.25) is 9.59 Å². The minimum atomic E-state index is -0.220. The zero-order valence-electron chi connectivity index (χ0n) is 13.6. The second kappa shape index (κ2) is 8.87. The Morgan fingerprint density at radius 2 is 2.14 bits per heavy atom. The van der Waals surface area contributed by atoms with E-state index in [0.29, 0.717) is 0 Å². The van der Waals surface area contributed by atoms with Gasteiger partial charge in [-0.2, -0.15) is 0 Å². The molecular formula is C17H24N2O3. The predicted molar refractivity (Wildman–Crippen MR) is 87.6 cm³/mol. The van der Waals surface area contributed by atoms with Crippen molar-refractivity contribution in [2.24, 2.45) is 0 Å². The summed E-state index contributed by atoms with van der Waals surface area (Å²) in [7, 11) is 3.20. The maximum atomic E-state index is 12.0. The lowest BCUT2D eigenvalue weighted by Gasteiger charge is -2.17. The smallest absolute Gasteiger partial charge is 0.246 e. The lowest BCUT2D eigenvalue weighted by atomic mass is 10.2. The van der Waals surface area contributed by atoms with Gasteiger partial charge in [-0.05, 0) is 37.1 Å². The van der Waals surface area contributed by atoms with Gasteiger partial charge in [-0.25, -0.2) is 0 Å². The van der Waals surface area contributed by atoms with E-state index < -0.39 is 0 Å². The SMILES string of the molecule is CCC(C)NC(=O)CN(C)C(=O)/C=C/c1cccc(OC)c1. The molecular weight excluding hydrogens is 280 g/mol. The highest BCUT2D eigenvalue weighted by Gasteiger charge is 2.11. The average Bonchev–Trinajstić information content (AvgIpc) is 2.52. The Morgan fingerprint density at radius 3 is 2.77 bits per heavy atom. The molecule has 120 valence electrons. The molecule has 1 atom stereocenters. The largest absolute Gasteiger partial charge is 0.497 e. The normalized spacial score (nSPS) is 12.0. The van der Waals surface area contributed by atoms with E-state index >= 15 is 0 Å². The number of ether oxygens (including phenoxy) is 1. The van der Waals surface area contributed by atoms with Crippen molar-refractivity contribution in [2.75, 3.05) is 20.7 Å². The number of likely N-dealkylation sites (N-methyl/N-ethyl adjacent to an activating group) is 1. The molecule has 22 heavy (non-hydrogen) atoms. The van der Waals surface area contributed by atoms with Crippen LogP contribution in [0.15, 0.2) is 30.3 Å². The van der Waals surface area contributed by atoms with Gasteiger partial charge in [0.25, 0.3) is 0 Å².